The van der Waals surface area contributed by atoms with E-state index in [0.29, 0.717) is 5.92 Å². The van der Waals surface area contributed by atoms with Crippen molar-refractivity contribution < 1.29 is 14.2 Å². The van der Waals surface area contributed by atoms with Crippen LogP contribution >= 0.6 is 0 Å². The molecule has 0 amide bonds. The summed E-state index contributed by atoms with van der Waals surface area (Å²) in [6, 6.07) is 0. The summed E-state index contributed by atoms with van der Waals surface area (Å²) in [4.78, 5) is 0. The number of rotatable bonds is 1. The van der Waals surface area contributed by atoms with Gasteiger partial charge in [-0.2, -0.15) is 0 Å². The molecule has 1 fully saturated rings. The Balaban J connectivity index is 2.18. The molecule has 0 aromatic heterocycles. The molecule has 0 aromatic carbocycles. The predicted octanol–water partition coefficient (Wildman–Crippen LogP) is 0.599. The molecular weight excluding hydrogens is 120 g/mol. The number of hydrogen-bond acceptors (Lipinski definition) is 3. The zero-order valence-electron chi connectivity index (χ0n) is 5.79. The lowest BCUT2D eigenvalue weighted by molar-refractivity contribution is -0.311. The molecule has 1 saturated heterocycles. The Bertz CT molecular complexity index is 76.4. The van der Waals surface area contributed by atoms with Crippen LogP contribution in [-0.4, -0.2) is 26.8 Å². The molecule has 0 unspecified atom stereocenters. The third kappa shape index (κ3) is 1.93. The van der Waals surface area contributed by atoms with Crippen molar-refractivity contribution in [3.8, 4) is 0 Å². The number of ether oxygens (including phenoxy) is 3. The van der Waals surface area contributed by atoms with E-state index in [9.17, 15) is 0 Å². The van der Waals surface area contributed by atoms with E-state index in [1.165, 1.54) is 0 Å². The zero-order chi connectivity index (χ0) is 6.69. The first-order valence-electron chi connectivity index (χ1n) is 3.09. The molecule has 1 rings (SSSR count). The molecule has 0 aliphatic carbocycles. The topological polar surface area (TPSA) is 27.7 Å². The van der Waals surface area contributed by atoms with Gasteiger partial charge in [-0.3, -0.25) is 0 Å². The van der Waals surface area contributed by atoms with Crippen LogP contribution in [0.5, 0.6) is 0 Å². The SMILES string of the molecule is COC1OCC(C)CO1. The summed E-state index contributed by atoms with van der Waals surface area (Å²) in [6.45, 7) is 3.12. The molecule has 0 spiro atoms. The van der Waals surface area contributed by atoms with Gasteiger partial charge in [0.25, 0.3) is 6.48 Å². The molecule has 0 N–H and O–H groups in total. The summed E-state index contributed by atoms with van der Waals surface area (Å²) in [5.41, 5.74) is 0. The number of hydrogen-bond donors (Lipinski definition) is 0. The maximum absolute atomic E-state index is 5.09. The lowest BCUT2D eigenvalue weighted by atomic mass is 10.2. The highest BCUT2D eigenvalue weighted by molar-refractivity contribution is 4.52. The summed E-state index contributed by atoms with van der Waals surface area (Å²) in [7, 11) is 1.57. The quantitative estimate of drug-likeness (QED) is 0.523. The van der Waals surface area contributed by atoms with Gasteiger partial charge in [0.15, 0.2) is 0 Å². The Morgan fingerprint density at radius 2 is 1.89 bits per heavy atom. The van der Waals surface area contributed by atoms with Gasteiger partial charge in [-0.1, -0.05) is 6.92 Å². The molecule has 0 saturated carbocycles. The molecule has 9 heavy (non-hydrogen) atoms. The molecule has 54 valence electrons. The molecule has 1 heterocycles. The van der Waals surface area contributed by atoms with E-state index in [4.69, 9.17) is 14.2 Å². The van der Waals surface area contributed by atoms with Crippen molar-refractivity contribution in [3.63, 3.8) is 0 Å². The average molecular weight is 132 g/mol. The van der Waals surface area contributed by atoms with Crippen LogP contribution in [0.2, 0.25) is 0 Å². The van der Waals surface area contributed by atoms with Gasteiger partial charge in [-0.15, -0.1) is 0 Å². The second-order valence-electron chi connectivity index (χ2n) is 2.30. The molecule has 0 bridgehead atoms. The summed E-state index contributed by atoms with van der Waals surface area (Å²) in [5.74, 6) is 0.497. The van der Waals surface area contributed by atoms with E-state index in [1.54, 1.807) is 7.11 Å². The normalized spacial score (nSPS) is 36.7. The van der Waals surface area contributed by atoms with Crippen molar-refractivity contribution in [3.05, 3.63) is 0 Å². The van der Waals surface area contributed by atoms with Crippen LogP contribution in [0.4, 0.5) is 0 Å². The molecule has 0 radical (unpaired) electrons. The van der Waals surface area contributed by atoms with Gasteiger partial charge in [0.2, 0.25) is 0 Å². The second kappa shape index (κ2) is 3.15. The van der Waals surface area contributed by atoms with Gasteiger partial charge in [-0.25, -0.2) is 0 Å². The summed E-state index contributed by atoms with van der Waals surface area (Å²) in [5, 5.41) is 0. The first-order chi connectivity index (χ1) is 4.33. The number of methoxy groups -OCH3 is 1. The minimum Gasteiger partial charge on any atom is -0.333 e. The Labute approximate surface area is 54.9 Å². The van der Waals surface area contributed by atoms with Gasteiger partial charge in [0.05, 0.1) is 13.2 Å². The summed E-state index contributed by atoms with van der Waals surface area (Å²) >= 11 is 0. The van der Waals surface area contributed by atoms with E-state index in [2.05, 4.69) is 6.92 Å². The fraction of sp³-hybridized carbons (Fsp3) is 1.00. The van der Waals surface area contributed by atoms with E-state index in [1.807, 2.05) is 0 Å². The minimum absolute atomic E-state index is 0.429. The molecule has 3 heteroatoms. The van der Waals surface area contributed by atoms with Gasteiger partial charge in [0.1, 0.15) is 0 Å². The lowest BCUT2D eigenvalue weighted by Crippen LogP contribution is -2.31. The van der Waals surface area contributed by atoms with Crippen LogP contribution < -0.4 is 0 Å². The van der Waals surface area contributed by atoms with Crippen LogP contribution in [0, 0.1) is 5.92 Å². The molecule has 1 aliphatic rings. The molecule has 0 aromatic rings. The Kier molecular flexibility index (Phi) is 2.45. The second-order valence-corrected chi connectivity index (χ2v) is 2.30. The maximum Gasteiger partial charge on any atom is 0.271 e. The Morgan fingerprint density at radius 3 is 2.33 bits per heavy atom. The fourth-order valence-corrected chi connectivity index (χ4v) is 0.718. The van der Waals surface area contributed by atoms with Crippen LogP contribution in [0.1, 0.15) is 6.92 Å². The van der Waals surface area contributed by atoms with Gasteiger partial charge in [0, 0.05) is 13.0 Å². The maximum atomic E-state index is 5.09. The van der Waals surface area contributed by atoms with Crippen LogP contribution in [0.25, 0.3) is 0 Å². The smallest absolute Gasteiger partial charge is 0.271 e. The van der Waals surface area contributed by atoms with Crippen molar-refractivity contribution in [2.75, 3.05) is 20.3 Å². The van der Waals surface area contributed by atoms with Crippen molar-refractivity contribution in [2.24, 2.45) is 5.92 Å². The van der Waals surface area contributed by atoms with Gasteiger partial charge < -0.3 is 14.2 Å². The van der Waals surface area contributed by atoms with E-state index >= 15 is 0 Å². The Morgan fingerprint density at radius 1 is 1.33 bits per heavy atom. The standard InChI is InChI=1S/C6H12O3/c1-5-3-8-6(7-2)9-4-5/h5-6H,3-4H2,1-2H3. The van der Waals surface area contributed by atoms with Gasteiger partial charge >= 0.3 is 0 Å². The van der Waals surface area contributed by atoms with Crippen LogP contribution in [-0.2, 0) is 14.2 Å². The predicted molar refractivity (Wildman–Crippen MR) is 31.9 cm³/mol. The van der Waals surface area contributed by atoms with E-state index in [0.717, 1.165) is 13.2 Å². The first kappa shape index (κ1) is 6.99. The molecule has 3 nitrogen and oxygen atoms in total. The van der Waals surface area contributed by atoms with Crippen molar-refractivity contribution >= 4 is 0 Å². The molecule has 1 aliphatic heterocycles. The average Bonchev–Trinajstić information content (AvgIpc) is 1.90. The Hall–Kier alpha value is -0.120. The van der Waals surface area contributed by atoms with Crippen molar-refractivity contribution in [1.82, 2.24) is 0 Å². The van der Waals surface area contributed by atoms with E-state index in [-0.39, 0.29) is 0 Å². The highest BCUT2D eigenvalue weighted by atomic mass is 16.8. The summed E-state index contributed by atoms with van der Waals surface area (Å²) in [6.07, 6.45) is 0. The van der Waals surface area contributed by atoms with Gasteiger partial charge in [-0.05, 0) is 0 Å². The fourth-order valence-electron chi connectivity index (χ4n) is 0.718. The molecular formula is C6H12O3. The highest BCUT2D eigenvalue weighted by Gasteiger charge is 2.17. The molecule has 0 atom stereocenters. The largest absolute Gasteiger partial charge is 0.333 e. The van der Waals surface area contributed by atoms with Crippen molar-refractivity contribution in [2.45, 2.75) is 13.4 Å². The third-order valence-electron chi connectivity index (χ3n) is 1.23. The minimum atomic E-state index is -0.429. The third-order valence-corrected chi connectivity index (χ3v) is 1.23. The summed E-state index contributed by atoms with van der Waals surface area (Å²) < 4.78 is 15.0. The zero-order valence-corrected chi connectivity index (χ0v) is 5.79. The monoisotopic (exact) mass is 132 g/mol. The first-order valence-corrected chi connectivity index (χ1v) is 3.09. The van der Waals surface area contributed by atoms with Crippen molar-refractivity contribution in [1.29, 1.82) is 0 Å². The van der Waals surface area contributed by atoms with Crippen LogP contribution in [0.15, 0.2) is 0 Å². The van der Waals surface area contributed by atoms with Crippen LogP contribution in [0.3, 0.4) is 0 Å². The highest BCUT2D eigenvalue weighted by Crippen LogP contribution is 2.09. The lowest BCUT2D eigenvalue weighted by Gasteiger charge is -2.25. The van der Waals surface area contributed by atoms with E-state index < -0.39 is 6.48 Å².